The molecule has 1 aromatic carbocycles. The van der Waals surface area contributed by atoms with Crippen LogP contribution in [0.15, 0.2) is 23.1 Å². The number of anilines is 1. The van der Waals surface area contributed by atoms with Crippen LogP contribution in [0.3, 0.4) is 0 Å². The zero-order valence-corrected chi connectivity index (χ0v) is 12.2. The first-order chi connectivity index (χ1) is 8.81. The highest BCUT2D eigenvalue weighted by Gasteiger charge is 2.17. The molecule has 1 amide bonds. The molecule has 6 nitrogen and oxygen atoms in total. The first-order valence-corrected chi connectivity index (χ1v) is 7.18. The van der Waals surface area contributed by atoms with Gasteiger partial charge in [0.15, 0.2) is 0 Å². The molecule has 106 valence electrons. The third-order valence-corrected chi connectivity index (χ3v) is 4.29. The van der Waals surface area contributed by atoms with E-state index in [1.54, 1.807) is 26.0 Å². The minimum Gasteiger partial charge on any atom is -0.372 e. The fraction of sp³-hybridized carbons (Fsp3) is 0.417. The molecule has 0 saturated carbocycles. The minimum atomic E-state index is -3.55. The summed E-state index contributed by atoms with van der Waals surface area (Å²) in [4.78, 5) is 11.8. The van der Waals surface area contributed by atoms with E-state index < -0.39 is 16.1 Å². The Balaban J connectivity index is 3.07. The van der Waals surface area contributed by atoms with Crippen molar-refractivity contribution < 1.29 is 17.9 Å². The Kier molecular flexibility index (Phi) is 5.04. The van der Waals surface area contributed by atoms with E-state index in [2.05, 4.69) is 10.0 Å². The highest BCUT2D eigenvalue weighted by atomic mass is 32.2. The molecule has 0 aliphatic carbocycles. The molecule has 0 aromatic heterocycles. The molecule has 2 N–H and O–H groups in total. The van der Waals surface area contributed by atoms with E-state index >= 15 is 0 Å². The molecule has 7 heteroatoms. The van der Waals surface area contributed by atoms with Crippen LogP contribution in [0.4, 0.5) is 5.69 Å². The first-order valence-electron chi connectivity index (χ1n) is 5.69. The molecule has 0 fully saturated rings. The summed E-state index contributed by atoms with van der Waals surface area (Å²) in [5, 5.41) is 2.60. The third kappa shape index (κ3) is 3.76. The molecule has 1 atom stereocenters. The van der Waals surface area contributed by atoms with Gasteiger partial charge in [-0.1, -0.05) is 6.07 Å². The van der Waals surface area contributed by atoms with Crippen molar-refractivity contribution in [1.82, 2.24) is 4.72 Å². The van der Waals surface area contributed by atoms with Gasteiger partial charge in [0.2, 0.25) is 10.0 Å². The quantitative estimate of drug-likeness (QED) is 0.841. The van der Waals surface area contributed by atoms with E-state index in [1.165, 1.54) is 20.2 Å². The van der Waals surface area contributed by atoms with Crippen molar-refractivity contribution in [1.29, 1.82) is 0 Å². The van der Waals surface area contributed by atoms with Crippen LogP contribution in [0.25, 0.3) is 0 Å². The average Bonchev–Trinajstić information content (AvgIpc) is 2.39. The monoisotopic (exact) mass is 286 g/mol. The van der Waals surface area contributed by atoms with Gasteiger partial charge in [-0.05, 0) is 38.6 Å². The molecule has 1 rings (SSSR count). The fourth-order valence-corrected chi connectivity index (χ4v) is 2.42. The van der Waals surface area contributed by atoms with Crippen LogP contribution in [0, 0.1) is 6.92 Å². The number of amides is 1. The van der Waals surface area contributed by atoms with Crippen LogP contribution < -0.4 is 10.0 Å². The molecule has 1 aromatic rings. The maximum absolute atomic E-state index is 11.8. The number of ether oxygens (including phenoxy) is 1. The normalized spacial score (nSPS) is 13.1. The molecule has 1 unspecified atom stereocenters. The number of hydrogen-bond acceptors (Lipinski definition) is 4. The fourth-order valence-electron chi connectivity index (χ4n) is 1.43. The van der Waals surface area contributed by atoms with Crippen LogP contribution in [0.1, 0.15) is 12.5 Å². The Morgan fingerprint density at radius 2 is 2.00 bits per heavy atom. The highest BCUT2D eigenvalue weighted by Crippen LogP contribution is 2.20. The molecule has 0 heterocycles. The maximum Gasteiger partial charge on any atom is 0.253 e. The van der Waals surface area contributed by atoms with Gasteiger partial charge in [0.05, 0.1) is 4.90 Å². The van der Waals surface area contributed by atoms with Gasteiger partial charge < -0.3 is 10.1 Å². The van der Waals surface area contributed by atoms with Crippen LogP contribution in [-0.2, 0) is 19.6 Å². The van der Waals surface area contributed by atoms with Crippen molar-refractivity contribution in [2.45, 2.75) is 24.8 Å². The summed E-state index contributed by atoms with van der Waals surface area (Å²) in [5.74, 6) is -0.334. The summed E-state index contributed by atoms with van der Waals surface area (Å²) in [7, 11) is -0.778. The molecule has 0 spiro atoms. The molecule has 19 heavy (non-hydrogen) atoms. The minimum absolute atomic E-state index is 0.137. The lowest BCUT2D eigenvalue weighted by molar-refractivity contribution is -0.124. The number of aryl methyl sites for hydroxylation is 1. The number of carbonyl (C=O) groups is 1. The van der Waals surface area contributed by atoms with Gasteiger partial charge in [-0.15, -0.1) is 0 Å². The van der Waals surface area contributed by atoms with Gasteiger partial charge in [0.25, 0.3) is 5.91 Å². The third-order valence-electron chi connectivity index (χ3n) is 2.74. The number of sulfonamides is 1. The van der Waals surface area contributed by atoms with Gasteiger partial charge in [0, 0.05) is 12.8 Å². The SMILES string of the molecule is CNS(=O)(=O)c1cc(NC(=O)C(C)OC)ccc1C. The number of nitrogens with one attached hydrogen (secondary N) is 2. The van der Waals surface area contributed by atoms with Crippen LogP contribution in [0.5, 0.6) is 0 Å². The second kappa shape index (κ2) is 6.14. The van der Waals surface area contributed by atoms with Gasteiger partial charge in [0.1, 0.15) is 6.10 Å². The van der Waals surface area contributed by atoms with Crippen molar-refractivity contribution >= 4 is 21.6 Å². The first kappa shape index (κ1) is 15.6. The lowest BCUT2D eigenvalue weighted by Gasteiger charge is -2.12. The van der Waals surface area contributed by atoms with Crippen molar-refractivity contribution in [3.05, 3.63) is 23.8 Å². The molecule has 0 aliphatic rings. The summed E-state index contributed by atoms with van der Waals surface area (Å²) < 4.78 is 30.7. The van der Waals surface area contributed by atoms with E-state index in [0.29, 0.717) is 11.3 Å². The Hall–Kier alpha value is -1.44. The Labute approximate surface area is 113 Å². The Bertz CT molecular complexity index is 569. The number of carbonyl (C=O) groups excluding carboxylic acids is 1. The zero-order valence-electron chi connectivity index (χ0n) is 11.4. The number of benzene rings is 1. The van der Waals surface area contributed by atoms with Crippen molar-refractivity contribution in [3.8, 4) is 0 Å². The summed E-state index contributed by atoms with van der Waals surface area (Å²) in [6.45, 7) is 3.29. The standard InChI is InChI=1S/C12H18N2O4S/c1-8-5-6-10(14-12(15)9(2)18-4)7-11(8)19(16,17)13-3/h5-7,9,13H,1-4H3,(H,14,15). The van der Waals surface area contributed by atoms with E-state index in [0.717, 1.165) is 0 Å². The molecule has 0 aliphatic heterocycles. The second-order valence-corrected chi connectivity index (χ2v) is 5.91. The molecule has 0 radical (unpaired) electrons. The largest absolute Gasteiger partial charge is 0.372 e. The van der Waals surface area contributed by atoms with Crippen LogP contribution >= 0.6 is 0 Å². The summed E-state index contributed by atoms with van der Waals surface area (Å²) in [5.41, 5.74) is 1.01. The van der Waals surface area contributed by atoms with E-state index in [1.807, 2.05) is 0 Å². The highest BCUT2D eigenvalue weighted by molar-refractivity contribution is 7.89. The Morgan fingerprint density at radius 3 is 2.53 bits per heavy atom. The van der Waals surface area contributed by atoms with Gasteiger partial charge in [-0.2, -0.15) is 0 Å². The lowest BCUT2D eigenvalue weighted by Crippen LogP contribution is -2.27. The predicted octanol–water partition coefficient (Wildman–Crippen LogP) is 0.877. The summed E-state index contributed by atoms with van der Waals surface area (Å²) in [6, 6.07) is 4.70. The number of hydrogen-bond donors (Lipinski definition) is 2. The van der Waals surface area contributed by atoms with Crippen LogP contribution in [0.2, 0.25) is 0 Å². The number of rotatable bonds is 5. The molecule has 0 saturated heterocycles. The van der Waals surface area contributed by atoms with Crippen LogP contribution in [-0.4, -0.2) is 34.6 Å². The maximum atomic E-state index is 11.8. The second-order valence-electron chi connectivity index (χ2n) is 4.06. The average molecular weight is 286 g/mol. The van der Waals surface area contributed by atoms with Gasteiger partial charge >= 0.3 is 0 Å². The Morgan fingerprint density at radius 1 is 1.37 bits per heavy atom. The number of methoxy groups -OCH3 is 1. The predicted molar refractivity (Wildman–Crippen MR) is 72.5 cm³/mol. The smallest absolute Gasteiger partial charge is 0.253 e. The molecule has 0 bridgehead atoms. The molecular formula is C12H18N2O4S. The van der Waals surface area contributed by atoms with Gasteiger partial charge in [-0.25, -0.2) is 13.1 Å². The lowest BCUT2D eigenvalue weighted by atomic mass is 10.2. The summed E-state index contributed by atoms with van der Waals surface area (Å²) >= 11 is 0. The van der Waals surface area contributed by atoms with E-state index in [9.17, 15) is 13.2 Å². The van der Waals surface area contributed by atoms with E-state index in [4.69, 9.17) is 4.74 Å². The van der Waals surface area contributed by atoms with Crippen molar-refractivity contribution in [3.63, 3.8) is 0 Å². The van der Waals surface area contributed by atoms with Crippen molar-refractivity contribution in [2.24, 2.45) is 0 Å². The topological polar surface area (TPSA) is 84.5 Å². The molecular weight excluding hydrogens is 268 g/mol. The van der Waals surface area contributed by atoms with Crippen molar-refractivity contribution in [2.75, 3.05) is 19.5 Å². The van der Waals surface area contributed by atoms with Gasteiger partial charge in [-0.3, -0.25) is 4.79 Å². The summed E-state index contributed by atoms with van der Waals surface area (Å²) in [6.07, 6.45) is -0.606. The zero-order chi connectivity index (χ0) is 14.6. The van der Waals surface area contributed by atoms with E-state index in [-0.39, 0.29) is 10.8 Å².